The van der Waals surface area contributed by atoms with Gasteiger partial charge in [-0.25, -0.2) is 0 Å². The van der Waals surface area contributed by atoms with Crippen molar-refractivity contribution >= 4 is 108 Å². The van der Waals surface area contributed by atoms with E-state index in [1.807, 2.05) is 12.1 Å². The van der Waals surface area contributed by atoms with Gasteiger partial charge in [0, 0.05) is 37.7 Å². The average Bonchev–Trinajstić information content (AvgIpc) is 2.59. The number of methoxy groups -OCH3 is 2. The Balaban J connectivity index is 2.37. The average molecular weight is 742 g/mol. The lowest BCUT2D eigenvalue weighted by Gasteiger charge is -2.16. The van der Waals surface area contributed by atoms with Crippen molar-refractivity contribution in [3.05, 3.63) is 64.4 Å². The maximum absolute atomic E-state index is 5.34. The van der Waals surface area contributed by atoms with Crippen LogP contribution in [-0.4, -0.2) is 14.2 Å². The summed E-state index contributed by atoms with van der Waals surface area (Å²) >= 11 is 21.5. The zero-order valence-corrected chi connectivity index (χ0v) is 23.2. The molecule has 0 N–H and O–H groups in total. The van der Waals surface area contributed by atoms with Crippen molar-refractivity contribution in [2.24, 2.45) is 0 Å². The van der Waals surface area contributed by atoms with E-state index in [1.54, 1.807) is 14.2 Å². The van der Waals surface area contributed by atoms with E-state index in [-0.39, 0.29) is 3.74 Å². The second kappa shape index (κ2) is 10.7. The second-order valence-electron chi connectivity index (χ2n) is 5.23. The van der Waals surface area contributed by atoms with E-state index in [0.717, 1.165) is 40.1 Å². The fourth-order valence-electron chi connectivity index (χ4n) is 2.29. The van der Waals surface area contributed by atoms with Crippen molar-refractivity contribution in [1.29, 1.82) is 0 Å². The molecule has 2 aromatic carbocycles. The minimum Gasteiger partial charge on any atom is -0.352 e. The number of alkyl halides is 2. The van der Waals surface area contributed by atoms with Gasteiger partial charge in [-0.15, -0.1) is 0 Å². The van der Waals surface area contributed by atoms with E-state index >= 15 is 0 Å². The van der Waals surface area contributed by atoms with Crippen LogP contribution in [0.2, 0.25) is 0 Å². The SMILES string of the molecule is COC(OC)c1cc(Br)c(/C=C\c2cc(Br)c(C(Br)Br)cc2Br)cc1Br. The fraction of sp³-hybridized carbons (Fsp3) is 0.222. The quantitative estimate of drug-likeness (QED) is 0.167. The summed E-state index contributed by atoms with van der Waals surface area (Å²) in [6.07, 6.45) is 3.70. The van der Waals surface area contributed by atoms with Crippen LogP contribution >= 0.6 is 95.6 Å². The van der Waals surface area contributed by atoms with Gasteiger partial charge in [-0.05, 0) is 41.0 Å². The Morgan fingerprint density at radius 2 is 1.12 bits per heavy atom. The molecular formula is C18H14Br6O2. The van der Waals surface area contributed by atoms with Gasteiger partial charge in [0.05, 0.1) is 3.74 Å². The first kappa shape index (κ1) is 23.3. The van der Waals surface area contributed by atoms with Crippen molar-refractivity contribution in [1.82, 2.24) is 0 Å². The van der Waals surface area contributed by atoms with Gasteiger partial charge in [0.2, 0.25) is 0 Å². The van der Waals surface area contributed by atoms with Crippen LogP contribution in [0.5, 0.6) is 0 Å². The standard InChI is InChI=1S/C18H14Br6O2/c1-25-18(26-2)12-8-14(20)10(6-16(12)22)4-3-9-5-15(21)11(17(23)24)7-13(9)19/h3-8,17-18H,1-2H3/b4-3-. The smallest absolute Gasteiger partial charge is 0.184 e. The maximum atomic E-state index is 5.34. The lowest BCUT2D eigenvalue weighted by Crippen LogP contribution is -2.04. The Bertz CT molecular complexity index is 816. The molecular weight excluding hydrogens is 728 g/mol. The molecule has 26 heavy (non-hydrogen) atoms. The summed E-state index contributed by atoms with van der Waals surface area (Å²) in [6, 6.07) is 8.18. The van der Waals surface area contributed by atoms with Crippen LogP contribution in [0.1, 0.15) is 32.3 Å². The zero-order chi connectivity index (χ0) is 19.4. The summed E-state index contributed by atoms with van der Waals surface area (Å²) in [7, 11) is 3.23. The van der Waals surface area contributed by atoms with Gasteiger partial charge in [-0.1, -0.05) is 108 Å². The van der Waals surface area contributed by atoms with Crippen molar-refractivity contribution in [2.45, 2.75) is 10.0 Å². The molecule has 0 atom stereocenters. The third-order valence-corrected chi connectivity index (χ3v) is 7.33. The summed E-state index contributed by atoms with van der Waals surface area (Å²) < 4.78 is 14.7. The number of rotatable bonds is 6. The van der Waals surface area contributed by atoms with Gasteiger partial charge >= 0.3 is 0 Å². The Labute approximate surface area is 203 Å². The lowest BCUT2D eigenvalue weighted by molar-refractivity contribution is -0.106. The predicted octanol–water partition coefficient (Wildman–Crippen LogP) is 8.99. The third-order valence-electron chi connectivity index (χ3n) is 3.59. The molecule has 8 heteroatoms. The van der Waals surface area contributed by atoms with E-state index in [9.17, 15) is 0 Å². The van der Waals surface area contributed by atoms with Crippen LogP contribution < -0.4 is 0 Å². The summed E-state index contributed by atoms with van der Waals surface area (Å²) in [5.74, 6) is 0. The number of benzene rings is 2. The third kappa shape index (κ3) is 5.75. The molecule has 2 aromatic rings. The maximum Gasteiger partial charge on any atom is 0.184 e. The first-order valence-electron chi connectivity index (χ1n) is 7.28. The van der Waals surface area contributed by atoms with Crippen molar-refractivity contribution in [2.75, 3.05) is 14.2 Å². The monoisotopic (exact) mass is 736 g/mol. The summed E-state index contributed by atoms with van der Waals surface area (Å²) in [4.78, 5) is 0. The first-order valence-corrected chi connectivity index (χ1v) is 12.3. The number of hydrogen-bond acceptors (Lipinski definition) is 2. The second-order valence-corrected chi connectivity index (χ2v) is 11.7. The fourth-order valence-corrected chi connectivity index (χ4v) is 5.78. The Hall–Kier alpha value is 0.980. The number of halogens is 6. The summed E-state index contributed by atoms with van der Waals surface area (Å²) in [5.41, 5.74) is 4.15. The van der Waals surface area contributed by atoms with Gasteiger partial charge in [-0.3, -0.25) is 0 Å². The van der Waals surface area contributed by atoms with Crippen molar-refractivity contribution in [3.63, 3.8) is 0 Å². The molecule has 0 fully saturated rings. The highest BCUT2D eigenvalue weighted by molar-refractivity contribution is 9.24. The molecule has 0 amide bonds. The zero-order valence-electron chi connectivity index (χ0n) is 13.7. The molecule has 0 aromatic heterocycles. The summed E-state index contributed by atoms with van der Waals surface area (Å²) in [6.45, 7) is 0. The molecule has 0 radical (unpaired) electrons. The highest BCUT2D eigenvalue weighted by atomic mass is 79.9. The van der Waals surface area contributed by atoms with E-state index in [1.165, 1.54) is 0 Å². The van der Waals surface area contributed by atoms with Crippen LogP contribution in [0.4, 0.5) is 0 Å². The van der Waals surface area contributed by atoms with Crippen LogP contribution in [0.15, 0.2) is 42.2 Å². The van der Waals surface area contributed by atoms with Crippen LogP contribution in [0.3, 0.4) is 0 Å². The minimum absolute atomic E-state index is 0.0888. The van der Waals surface area contributed by atoms with E-state index in [2.05, 4.69) is 120 Å². The molecule has 2 nitrogen and oxygen atoms in total. The van der Waals surface area contributed by atoms with E-state index < -0.39 is 6.29 Å². The minimum atomic E-state index is -0.419. The van der Waals surface area contributed by atoms with Gasteiger partial charge < -0.3 is 9.47 Å². The Kier molecular flexibility index (Phi) is 9.55. The lowest BCUT2D eigenvalue weighted by atomic mass is 10.1. The largest absolute Gasteiger partial charge is 0.352 e. The molecule has 0 unspecified atom stereocenters. The van der Waals surface area contributed by atoms with Gasteiger partial charge in [0.15, 0.2) is 6.29 Å². The number of ether oxygens (including phenoxy) is 2. The molecule has 0 saturated carbocycles. The molecule has 2 rings (SSSR count). The van der Waals surface area contributed by atoms with Gasteiger partial charge in [-0.2, -0.15) is 0 Å². The van der Waals surface area contributed by atoms with Gasteiger partial charge in [0.1, 0.15) is 0 Å². The Morgan fingerprint density at radius 3 is 1.54 bits per heavy atom. The Morgan fingerprint density at radius 1 is 0.692 bits per heavy atom. The topological polar surface area (TPSA) is 18.5 Å². The number of hydrogen-bond donors (Lipinski definition) is 0. The van der Waals surface area contributed by atoms with Crippen LogP contribution in [-0.2, 0) is 9.47 Å². The van der Waals surface area contributed by atoms with E-state index in [4.69, 9.17) is 9.47 Å². The van der Waals surface area contributed by atoms with Gasteiger partial charge in [0.25, 0.3) is 0 Å². The first-order chi connectivity index (χ1) is 12.3. The normalized spacial score (nSPS) is 11.9. The molecule has 0 aliphatic carbocycles. The van der Waals surface area contributed by atoms with Crippen LogP contribution in [0.25, 0.3) is 12.2 Å². The molecule has 140 valence electrons. The van der Waals surface area contributed by atoms with Crippen LogP contribution in [0, 0.1) is 0 Å². The van der Waals surface area contributed by atoms with Crippen molar-refractivity contribution < 1.29 is 9.47 Å². The highest BCUT2D eigenvalue weighted by Gasteiger charge is 2.15. The molecule has 0 spiro atoms. The molecule has 0 bridgehead atoms. The summed E-state index contributed by atoms with van der Waals surface area (Å²) in [5, 5.41) is 0. The molecule has 0 heterocycles. The highest BCUT2D eigenvalue weighted by Crippen LogP contribution is 2.38. The van der Waals surface area contributed by atoms with E-state index in [0.29, 0.717) is 0 Å². The predicted molar refractivity (Wildman–Crippen MR) is 130 cm³/mol. The van der Waals surface area contributed by atoms with Crippen molar-refractivity contribution in [3.8, 4) is 0 Å². The molecule has 0 saturated heterocycles. The molecule has 0 aliphatic heterocycles. The molecule has 0 aliphatic rings.